The molecule has 0 fully saturated rings. The lowest BCUT2D eigenvalue weighted by Gasteiger charge is -2.11. The monoisotopic (exact) mass is 328 g/mol. The van der Waals surface area contributed by atoms with E-state index in [0.29, 0.717) is 32.0 Å². The molecule has 0 amide bonds. The molecule has 0 bridgehead atoms. The lowest BCUT2D eigenvalue weighted by Crippen LogP contribution is -2.04. The molecule has 0 saturated carbocycles. The first kappa shape index (κ1) is 15.0. The zero-order valence-electron chi connectivity index (χ0n) is 10.4. The SMILES string of the molecule is CSc1nc(N)c(CN=O)nc1-c1ccc(Cl)cc1Cl. The molecular formula is C12H10Cl2N4OS. The second-order valence-corrected chi connectivity index (χ2v) is 5.46. The van der Waals surface area contributed by atoms with Crippen LogP contribution in [0.1, 0.15) is 5.69 Å². The Balaban J connectivity index is 2.64. The molecule has 0 unspecified atom stereocenters. The Labute approximate surface area is 129 Å². The molecule has 0 aliphatic rings. The van der Waals surface area contributed by atoms with Gasteiger partial charge in [-0.25, -0.2) is 9.97 Å². The lowest BCUT2D eigenvalue weighted by molar-refractivity contribution is 0.936. The molecule has 1 aromatic carbocycles. The number of rotatable bonds is 4. The normalized spacial score (nSPS) is 10.6. The summed E-state index contributed by atoms with van der Waals surface area (Å²) in [4.78, 5) is 19.0. The third-order valence-corrected chi connectivity index (χ3v) is 3.78. The van der Waals surface area contributed by atoms with Gasteiger partial charge in [-0.3, -0.25) is 0 Å². The van der Waals surface area contributed by atoms with E-state index in [1.807, 2.05) is 6.26 Å². The van der Waals surface area contributed by atoms with Crippen LogP contribution in [0.25, 0.3) is 11.3 Å². The third kappa shape index (κ3) is 3.03. The highest BCUT2D eigenvalue weighted by molar-refractivity contribution is 7.98. The zero-order chi connectivity index (χ0) is 14.7. The van der Waals surface area contributed by atoms with E-state index in [4.69, 9.17) is 28.9 Å². The van der Waals surface area contributed by atoms with E-state index in [2.05, 4.69) is 15.1 Å². The van der Waals surface area contributed by atoms with Crippen LogP contribution in [0.3, 0.4) is 0 Å². The second-order valence-electron chi connectivity index (χ2n) is 3.82. The Bertz CT molecular complexity index is 666. The maximum absolute atomic E-state index is 10.4. The van der Waals surface area contributed by atoms with Crippen LogP contribution >= 0.6 is 35.0 Å². The molecule has 0 spiro atoms. The van der Waals surface area contributed by atoms with Crippen LogP contribution in [0, 0.1) is 4.91 Å². The molecule has 0 saturated heterocycles. The predicted molar refractivity (Wildman–Crippen MR) is 83.2 cm³/mol. The number of aromatic nitrogens is 2. The number of nitrogens with zero attached hydrogens (tertiary/aromatic N) is 3. The quantitative estimate of drug-likeness (QED) is 0.677. The lowest BCUT2D eigenvalue weighted by atomic mass is 10.1. The number of benzene rings is 1. The van der Waals surface area contributed by atoms with Crippen molar-refractivity contribution in [2.45, 2.75) is 11.6 Å². The molecule has 20 heavy (non-hydrogen) atoms. The van der Waals surface area contributed by atoms with Gasteiger partial charge in [-0.1, -0.05) is 28.4 Å². The van der Waals surface area contributed by atoms with Gasteiger partial charge < -0.3 is 5.73 Å². The summed E-state index contributed by atoms with van der Waals surface area (Å²) in [6.07, 6.45) is 1.86. The maximum Gasteiger partial charge on any atom is 0.148 e. The molecule has 0 radical (unpaired) electrons. The van der Waals surface area contributed by atoms with Crippen LogP contribution in [0.15, 0.2) is 28.4 Å². The molecule has 0 aliphatic heterocycles. The van der Waals surface area contributed by atoms with Gasteiger partial charge in [0.2, 0.25) is 0 Å². The zero-order valence-corrected chi connectivity index (χ0v) is 12.8. The van der Waals surface area contributed by atoms with Crippen molar-refractivity contribution in [3.63, 3.8) is 0 Å². The van der Waals surface area contributed by atoms with E-state index in [0.717, 1.165) is 0 Å². The minimum Gasteiger partial charge on any atom is -0.382 e. The number of hydrogen-bond acceptors (Lipinski definition) is 6. The molecule has 8 heteroatoms. The Morgan fingerprint density at radius 1 is 1.35 bits per heavy atom. The maximum atomic E-state index is 10.4. The molecular weight excluding hydrogens is 319 g/mol. The van der Waals surface area contributed by atoms with Crippen molar-refractivity contribution in [2.24, 2.45) is 5.18 Å². The summed E-state index contributed by atoms with van der Waals surface area (Å²) in [5.41, 5.74) is 7.33. The van der Waals surface area contributed by atoms with Crippen molar-refractivity contribution in [1.29, 1.82) is 0 Å². The third-order valence-electron chi connectivity index (χ3n) is 2.56. The standard InChI is InChI=1S/C12H10Cl2N4OS/c1-20-12-10(7-3-2-6(13)4-8(7)14)17-9(5-16-19)11(15)18-12/h2-4H,5H2,1H3,(H2,15,18). The van der Waals surface area contributed by atoms with Crippen LogP contribution in [0.2, 0.25) is 10.0 Å². The molecule has 2 rings (SSSR count). The Morgan fingerprint density at radius 2 is 2.10 bits per heavy atom. The van der Waals surface area contributed by atoms with Gasteiger partial charge in [0.15, 0.2) is 0 Å². The number of thioether (sulfide) groups is 1. The summed E-state index contributed by atoms with van der Waals surface area (Å²) < 4.78 is 0. The highest BCUT2D eigenvalue weighted by Crippen LogP contribution is 2.34. The van der Waals surface area contributed by atoms with Gasteiger partial charge in [0.05, 0.1) is 5.02 Å². The fraction of sp³-hybridized carbons (Fsp3) is 0.167. The minimum atomic E-state index is -0.133. The van der Waals surface area contributed by atoms with Crippen molar-refractivity contribution < 1.29 is 0 Å². The van der Waals surface area contributed by atoms with Crippen molar-refractivity contribution in [1.82, 2.24) is 9.97 Å². The fourth-order valence-electron chi connectivity index (χ4n) is 1.64. The van der Waals surface area contributed by atoms with E-state index in [9.17, 15) is 4.91 Å². The minimum absolute atomic E-state index is 0.133. The van der Waals surface area contributed by atoms with Gasteiger partial charge in [0.1, 0.15) is 28.8 Å². The number of nitrogen functional groups attached to an aromatic ring is 1. The molecule has 1 aromatic heterocycles. The van der Waals surface area contributed by atoms with Crippen LogP contribution in [0.4, 0.5) is 5.82 Å². The molecule has 2 aromatic rings. The highest BCUT2D eigenvalue weighted by Gasteiger charge is 2.15. The first-order chi connectivity index (χ1) is 9.56. The Hall–Kier alpha value is -1.37. The van der Waals surface area contributed by atoms with Crippen LogP contribution in [-0.2, 0) is 6.54 Å². The summed E-state index contributed by atoms with van der Waals surface area (Å²) in [6, 6.07) is 5.09. The van der Waals surface area contributed by atoms with Gasteiger partial charge in [-0.05, 0) is 24.5 Å². The molecule has 1 heterocycles. The molecule has 0 atom stereocenters. The van der Waals surface area contributed by atoms with Gasteiger partial charge in [-0.15, -0.1) is 11.8 Å². The number of nitroso groups, excluding NO2 is 1. The fourth-order valence-corrected chi connectivity index (χ4v) is 2.68. The van der Waals surface area contributed by atoms with Crippen molar-refractivity contribution in [3.8, 4) is 11.3 Å². The summed E-state index contributed by atoms with van der Waals surface area (Å²) >= 11 is 13.5. The van der Waals surface area contributed by atoms with E-state index >= 15 is 0 Å². The summed E-state index contributed by atoms with van der Waals surface area (Å²) in [6.45, 7) is -0.133. The second kappa shape index (κ2) is 6.39. The van der Waals surface area contributed by atoms with Crippen LogP contribution in [0.5, 0.6) is 0 Å². The summed E-state index contributed by atoms with van der Waals surface area (Å²) in [5.74, 6) is 0.197. The van der Waals surface area contributed by atoms with Crippen molar-refractivity contribution in [2.75, 3.05) is 12.0 Å². The van der Waals surface area contributed by atoms with Crippen molar-refractivity contribution >= 4 is 40.8 Å². The average molecular weight is 329 g/mol. The predicted octanol–water partition coefficient (Wildman–Crippen LogP) is 4.02. The van der Waals surface area contributed by atoms with E-state index in [1.54, 1.807) is 18.2 Å². The van der Waals surface area contributed by atoms with Gasteiger partial charge in [0.25, 0.3) is 0 Å². The van der Waals surface area contributed by atoms with E-state index < -0.39 is 0 Å². The Kier molecular flexibility index (Phi) is 4.80. The van der Waals surface area contributed by atoms with Crippen LogP contribution in [-0.4, -0.2) is 16.2 Å². The molecule has 2 N–H and O–H groups in total. The number of halogens is 2. The van der Waals surface area contributed by atoms with E-state index in [-0.39, 0.29) is 12.4 Å². The van der Waals surface area contributed by atoms with Gasteiger partial charge in [-0.2, -0.15) is 4.91 Å². The first-order valence-corrected chi connectivity index (χ1v) is 7.49. The van der Waals surface area contributed by atoms with Crippen molar-refractivity contribution in [3.05, 3.63) is 38.8 Å². The summed E-state index contributed by atoms with van der Waals surface area (Å²) in [5, 5.41) is 4.41. The smallest absolute Gasteiger partial charge is 0.148 e. The van der Waals surface area contributed by atoms with Crippen LogP contribution < -0.4 is 5.73 Å². The average Bonchev–Trinajstić information content (AvgIpc) is 2.41. The topological polar surface area (TPSA) is 81.2 Å². The molecule has 0 aliphatic carbocycles. The largest absolute Gasteiger partial charge is 0.382 e. The van der Waals surface area contributed by atoms with E-state index in [1.165, 1.54) is 11.8 Å². The number of nitrogens with two attached hydrogens (primary N) is 1. The highest BCUT2D eigenvalue weighted by atomic mass is 35.5. The van der Waals surface area contributed by atoms with Gasteiger partial charge in [0, 0.05) is 10.6 Å². The first-order valence-electron chi connectivity index (χ1n) is 5.51. The Morgan fingerprint density at radius 3 is 2.70 bits per heavy atom. The van der Waals surface area contributed by atoms with Gasteiger partial charge >= 0.3 is 0 Å². The number of anilines is 1. The molecule has 5 nitrogen and oxygen atoms in total. The number of hydrogen-bond donors (Lipinski definition) is 1. The molecule has 104 valence electrons. The summed E-state index contributed by atoms with van der Waals surface area (Å²) in [7, 11) is 0.